The van der Waals surface area contributed by atoms with Crippen LogP contribution >= 0.6 is 0 Å². The standard InChI is InChI=1S/C50H30N4O2/c1-4-14-32(15-5-1)47-52-48(33-16-6-2-7-17-33)54-49(53-47)34-26-24-31(25-27-34)36-28-29-39(38-21-11-10-20-37(36)38)41-30-43-44(40-22-12-13-23-42(40)55-43)46-45(41)51-50(56-46)35-18-8-3-9-19-35/h1-30H. The van der Waals surface area contributed by atoms with Crippen LogP contribution in [-0.2, 0) is 0 Å². The van der Waals surface area contributed by atoms with E-state index in [9.17, 15) is 0 Å². The molecule has 0 saturated carbocycles. The second kappa shape index (κ2) is 13.0. The number of hydrogen-bond acceptors (Lipinski definition) is 6. The first kappa shape index (κ1) is 31.8. The Hall–Kier alpha value is -7.70. The predicted octanol–water partition coefficient (Wildman–Crippen LogP) is 13.1. The van der Waals surface area contributed by atoms with Crippen molar-refractivity contribution in [1.29, 1.82) is 0 Å². The number of hydrogen-bond donors (Lipinski definition) is 0. The smallest absolute Gasteiger partial charge is 0.227 e. The van der Waals surface area contributed by atoms with Gasteiger partial charge in [0.2, 0.25) is 5.89 Å². The molecule has 8 aromatic carbocycles. The highest BCUT2D eigenvalue weighted by molar-refractivity contribution is 6.21. The van der Waals surface area contributed by atoms with Crippen LogP contribution in [0.1, 0.15) is 0 Å². The van der Waals surface area contributed by atoms with Crippen LogP contribution in [-0.4, -0.2) is 19.9 Å². The summed E-state index contributed by atoms with van der Waals surface area (Å²) < 4.78 is 13.1. The summed E-state index contributed by atoms with van der Waals surface area (Å²) in [4.78, 5) is 19.9. The Bertz CT molecular complexity index is 3170. The van der Waals surface area contributed by atoms with Gasteiger partial charge in [-0.05, 0) is 51.7 Å². The third kappa shape index (κ3) is 5.35. The van der Waals surface area contributed by atoms with Gasteiger partial charge in [-0.25, -0.2) is 19.9 Å². The van der Waals surface area contributed by atoms with E-state index >= 15 is 0 Å². The molecule has 0 unspecified atom stereocenters. The van der Waals surface area contributed by atoms with E-state index < -0.39 is 0 Å². The van der Waals surface area contributed by atoms with Gasteiger partial charge < -0.3 is 8.83 Å². The van der Waals surface area contributed by atoms with E-state index in [0.717, 1.165) is 82.7 Å². The van der Waals surface area contributed by atoms with E-state index in [0.29, 0.717) is 28.9 Å². The summed E-state index contributed by atoms with van der Waals surface area (Å²) >= 11 is 0. The summed E-state index contributed by atoms with van der Waals surface area (Å²) in [6.07, 6.45) is 0. The highest BCUT2D eigenvalue weighted by Crippen LogP contribution is 2.44. The molecule has 0 aliphatic rings. The number of para-hydroxylation sites is 1. The van der Waals surface area contributed by atoms with Crippen molar-refractivity contribution in [2.24, 2.45) is 0 Å². The summed E-state index contributed by atoms with van der Waals surface area (Å²) in [7, 11) is 0. The lowest BCUT2D eigenvalue weighted by Gasteiger charge is -2.13. The lowest BCUT2D eigenvalue weighted by atomic mass is 9.91. The molecule has 0 aliphatic carbocycles. The van der Waals surface area contributed by atoms with Gasteiger partial charge in [0.25, 0.3) is 0 Å². The Kier molecular flexibility index (Phi) is 7.38. The van der Waals surface area contributed by atoms with E-state index in [-0.39, 0.29) is 0 Å². The van der Waals surface area contributed by atoms with Gasteiger partial charge in [-0.1, -0.05) is 158 Å². The zero-order chi connectivity index (χ0) is 37.0. The lowest BCUT2D eigenvalue weighted by molar-refractivity contribution is 0.622. The van der Waals surface area contributed by atoms with E-state index in [4.69, 9.17) is 28.8 Å². The maximum absolute atomic E-state index is 6.63. The third-order valence-electron chi connectivity index (χ3n) is 10.4. The Labute approximate surface area is 321 Å². The van der Waals surface area contributed by atoms with Crippen LogP contribution < -0.4 is 0 Å². The molecule has 262 valence electrons. The van der Waals surface area contributed by atoms with E-state index in [1.165, 1.54) is 0 Å². The zero-order valence-corrected chi connectivity index (χ0v) is 29.9. The largest absolute Gasteiger partial charge is 0.456 e. The predicted molar refractivity (Wildman–Crippen MR) is 225 cm³/mol. The number of aromatic nitrogens is 4. The van der Waals surface area contributed by atoms with Gasteiger partial charge in [0.1, 0.15) is 16.7 Å². The monoisotopic (exact) mass is 718 g/mol. The Morgan fingerprint density at radius 2 is 0.804 bits per heavy atom. The lowest BCUT2D eigenvalue weighted by Crippen LogP contribution is -2.00. The number of rotatable bonds is 6. The van der Waals surface area contributed by atoms with Gasteiger partial charge in [0.15, 0.2) is 23.1 Å². The van der Waals surface area contributed by atoms with Crippen molar-refractivity contribution >= 4 is 43.8 Å². The fourth-order valence-electron chi connectivity index (χ4n) is 7.70. The SMILES string of the molecule is c1ccc(-c2nc(-c3ccccc3)nc(-c3ccc(-c4ccc(-c5cc6oc7ccccc7c6c6oc(-c7ccccc7)nc56)c5ccccc45)cc3)n2)cc1. The fraction of sp³-hybridized carbons (Fsp3) is 0. The molecule has 3 aromatic heterocycles. The van der Waals surface area contributed by atoms with Gasteiger partial charge in [0.05, 0.1) is 5.39 Å². The first-order valence-electron chi connectivity index (χ1n) is 18.6. The molecule has 0 bridgehead atoms. The number of furan rings is 1. The minimum absolute atomic E-state index is 0.575. The number of oxazole rings is 1. The Morgan fingerprint density at radius 1 is 0.321 bits per heavy atom. The first-order chi connectivity index (χ1) is 27.7. The van der Waals surface area contributed by atoms with Crippen LogP contribution in [0.2, 0.25) is 0 Å². The van der Waals surface area contributed by atoms with Crippen molar-refractivity contribution < 1.29 is 8.83 Å². The minimum atomic E-state index is 0.575. The van der Waals surface area contributed by atoms with Crippen LogP contribution in [0.4, 0.5) is 0 Å². The molecule has 0 fully saturated rings. The minimum Gasteiger partial charge on any atom is -0.456 e. The van der Waals surface area contributed by atoms with Crippen LogP contribution in [0.5, 0.6) is 0 Å². The van der Waals surface area contributed by atoms with Gasteiger partial charge in [-0.3, -0.25) is 0 Å². The summed E-state index contributed by atoms with van der Waals surface area (Å²) in [5.41, 5.74) is 11.0. The molecule has 11 aromatic rings. The molecular weight excluding hydrogens is 689 g/mol. The van der Waals surface area contributed by atoms with Crippen LogP contribution in [0, 0.1) is 0 Å². The molecule has 0 radical (unpaired) electrons. The number of nitrogens with zero attached hydrogens (tertiary/aromatic N) is 4. The molecule has 0 spiro atoms. The molecular formula is C50H30N4O2. The molecule has 6 nitrogen and oxygen atoms in total. The van der Waals surface area contributed by atoms with E-state index in [1.807, 2.05) is 109 Å². The van der Waals surface area contributed by atoms with Gasteiger partial charge in [-0.2, -0.15) is 0 Å². The average molecular weight is 719 g/mol. The number of benzene rings is 8. The van der Waals surface area contributed by atoms with Crippen molar-refractivity contribution in [3.63, 3.8) is 0 Å². The van der Waals surface area contributed by atoms with Crippen LogP contribution in [0.15, 0.2) is 191 Å². The number of fused-ring (bicyclic) bond motifs is 6. The molecule has 11 rings (SSSR count). The molecule has 0 saturated heterocycles. The molecule has 0 atom stereocenters. The maximum atomic E-state index is 6.63. The quantitative estimate of drug-likeness (QED) is 0.170. The second-order valence-corrected chi connectivity index (χ2v) is 13.8. The summed E-state index contributed by atoms with van der Waals surface area (Å²) in [5.74, 6) is 2.47. The highest BCUT2D eigenvalue weighted by atomic mass is 16.4. The van der Waals surface area contributed by atoms with Crippen molar-refractivity contribution in [1.82, 2.24) is 19.9 Å². The molecule has 56 heavy (non-hydrogen) atoms. The Balaban J connectivity index is 1.04. The fourth-order valence-corrected chi connectivity index (χ4v) is 7.70. The molecule has 3 heterocycles. The van der Waals surface area contributed by atoms with Gasteiger partial charge >= 0.3 is 0 Å². The maximum Gasteiger partial charge on any atom is 0.227 e. The van der Waals surface area contributed by atoms with Gasteiger partial charge in [0, 0.05) is 33.2 Å². The third-order valence-corrected chi connectivity index (χ3v) is 10.4. The van der Waals surface area contributed by atoms with Crippen LogP contribution in [0.3, 0.4) is 0 Å². The summed E-state index contributed by atoms with van der Waals surface area (Å²) in [6, 6.07) is 61.7. The van der Waals surface area contributed by atoms with Crippen molar-refractivity contribution in [2.45, 2.75) is 0 Å². The molecule has 0 N–H and O–H groups in total. The van der Waals surface area contributed by atoms with Crippen molar-refractivity contribution in [3.8, 4) is 67.9 Å². The second-order valence-electron chi connectivity index (χ2n) is 13.8. The Morgan fingerprint density at radius 3 is 1.43 bits per heavy atom. The van der Waals surface area contributed by atoms with Gasteiger partial charge in [-0.15, -0.1) is 0 Å². The normalized spacial score (nSPS) is 11.6. The highest BCUT2D eigenvalue weighted by Gasteiger charge is 2.22. The topological polar surface area (TPSA) is 77.8 Å². The molecule has 0 aliphatic heterocycles. The van der Waals surface area contributed by atoms with E-state index in [1.54, 1.807) is 0 Å². The molecule has 0 amide bonds. The first-order valence-corrected chi connectivity index (χ1v) is 18.6. The molecule has 6 heteroatoms. The summed E-state index contributed by atoms with van der Waals surface area (Å²) in [6.45, 7) is 0. The summed E-state index contributed by atoms with van der Waals surface area (Å²) in [5, 5.41) is 4.16. The average Bonchev–Trinajstić information content (AvgIpc) is 3.89. The zero-order valence-electron chi connectivity index (χ0n) is 29.9. The van der Waals surface area contributed by atoms with E-state index in [2.05, 4.69) is 72.8 Å². The van der Waals surface area contributed by atoms with Crippen LogP contribution in [0.25, 0.3) is 112 Å². The van der Waals surface area contributed by atoms with Crippen molar-refractivity contribution in [3.05, 3.63) is 182 Å². The van der Waals surface area contributed by atoms with Crippen molar-refractivity contribution in [2.75, 3.05) is 0 Å².